The molecular formula is C13H12FN5. The van der Waals surface area contributed by atoms with Crippen molar-refractivity contribution >= 4 is 17.0 Å². The Labute approximate surface area is 109 Å². The van der Waals surface area contributed by atoms with Gasteiger partial charge >= 0.3 is 6.08 Å². The second kappa shape index (κ2) is 4.64. The van der Waals surface area contributed by atoms with Crippen LogP contribution in [0.3, 0.4) is 0 Å². The number of fused-ring (bicyclic) bond motifs is 1. The smallest absolute Gasteiger partial charge is 0.312 e. The van der Waals surface area contributed by atoms with Gasteiger partial charge < -0.3 is 9.88 Å². The molecule has 0 saturated carbocycles. The summed E-state index contributed by atoms with van der Waals surface area (Å²) in [5, 5.41) is 3.09. The molecule has 0 bridgehead atoms. The highest BCUT2D eigenvalue weighted by Gasteiger charge is 2.11. The van der Waals surface area contributed by atoms with Gasteiger partial charge in [-0.2, -0.15) is 14.4 Å². The van der Waals surface area contributed by atoms with Crippen molar-refractivity contribution in [1.29, 1.82) is 0 Å². The molecular weight excluding hydrogens is 244 g/mol. The topological polar surface area (TPSA) is 55.6 Å². The van der Waals surface area contributed by atoms with Crippen molar-refractivity contribution in [3.05, 3.63) is 48.3 Å². The van der Waals surface area contributed by atoms with E-state index in [-0.39, 0.29) is 0 Å². The lowest BCUT2D eigenvalue weighted by molar-refractivity contribution is 0.543. The quantitative estimate of drug-likeness (QED) is 0.729. The minimum atomic E-state index is -0.758. The van der Waals surface area contributed by atoms with Gasteiger partial charge in [0.1, 0.15) is 0 Å². The van der Waals surface area contributed by atoms with E-state index < -0.39 is 6.08 Å². The molecule has 3 aromatic rings. The lowest BCUT2D eigenvalue weighted by atomic mass is 10.2. The Morgan fingerprint density at radius 2 is 2.00 bits per heavy atom. The van der Waals surface area contributed by atoms with Gasteiger partial charge in [0.05, 0.1) is 6.33 Å². The fourth-order valence-electron chi connectivity index (χ4n) is 1.89. The zero-order valence-electron chi connectivity index (χ0n) is 10.3. The molecule has 0 aliphatic heterocycles. The molecule has 2 aromatic heterocycles. The Morgan fingerprint density at radius 1 is 1.21 bits per heavy atom. The maximum absolute atomic E-state index is 13.4. The Bertz CT molecular complexity index is 708. The lowest BCUT2D eigenvalue weighted by Gasteiger charge is -2.06. The number of halogens is 1. The number of nitrogens with one attached hydrogen (secondary N) is 1. The minimum absolute atomic E-state index is 0.409. The van der Waals surface area contributed by atoms with Crippen LogP contribution in [0, 0.1) is 6.08 Å². The molecule has 0 aliphatic carbocycles. The van der Waals surface area contributed by atoms with E-state index in [9.17, 15) is 4.39 Å². The van der Waals surface area contributed by atoms with E-state index >= 15 is 0 Å². The van der Waals surface area contributed by atoms with Gasteiger partial charge in [0.2, 0.25) is 0 Å². The van der Waals surface area contributed by atoms with Crippen LogP contribution in [0.2, 0.25) is 0 Å². The molecule has 0 saturated heterocycles. The van der Waals surface area contributed by atoms with Crippen molar-refractivity contribution in [2.75, 3.05) is 5.32 Å². The van der Waals surface area contributed by atoms with Crippen LogP contribution in [0.1, 0.15) is 5.56 Å². The normalized spacial score (nSPS) is 10.8. The lowest BCUT2D eigenvalue weighted by Crippen LogP contribution is -2.05. The predicted molar refractivity (Wildman–Crippen MR) is 70.0 cm³/mol. The summed E-state index contributed by atoms with van der Waals surface area (Å²) >= 11 is 0. The molecule has 0 unspecified atom stereocenters. The maximum atomic E-state index is 13.4. The molecule has 0 fully saturated rings. The molecule has 19 heavy (non-hydrogen) atoms. The molecule has 0 aliphatic rings. The molecule has 2 heterocycles. The summed E-state index contributed by atoms with van der Waals surface area (Å²) in [6, 6.07) is 9.83. The van der Waals surface area contributed by atoms with Gasteiger partial charge in [-0.15, -0.1) is 0 Å². The van der Waals surface area contributed by atoms with Crippen molar-refractivity contribution in [1.82, 2.24) is 19.5 Å². The fourth-order valence-corrected chi connectivity index (χ4v) is 1.89. The summed E-state index contributed by atoms with van der Waals surface area (Å²) in [6.07, 6.45) is 0.832. The molecule has 3 rings (SSSR count). The summed E-state index contributed by atoms with van der Waals surface area (Å²) in [5.74, 6) is 0.409. The second-order valence-corrected chi connectivity index (χ2v) is 4.21. The Balaban J connectivity index is 1.92. The van der Waals surface area contributed by atoms with E-state index in [4.69, 9.17) is 0 Å². The van der Waals surface area contributed by atoms with Gasteiger partial charge in [0, 0.05) is 13.6 Å². The Hall–Kier alpha value is -2.50. The summed E-state index contributed by atoms with van der Waals surface area (Å²) in [7, 11) is 1.77. The highest BCUT2D eigenvalue weighted by atomic mass is 18.2. The number of hydrogen-bond donors (Lipinski definition) is 1. The third-order valence-corrected chi connectivity index (χ3v) is 2.84. The van der Waals surface area contributed by atoms with Crippen molar-refractivity contribution in [3.8, 4) is 0 Å². The number of nitrogens with zero attached hydrogens (tertiary/aromatic N) is 4. The SMILES string of the molecule is Cn1cnc2c(NCc3ccccc3)nc([18F])nc21. The summed E-state index contributed by atoms with van der Waals surface area (Å²) in [5.41, 5.74) is 2.13. The number of anilines is 1. The van der Waals surface area contributed by atoms with E-state index in [0.29, 0.717) is 23.5 Å². The van der Waals surface area contributed by atoms with Crippen LogP contribution < -0.4 is 5.32 Å². The first kappa shape index (κ1) is 11.6. The zero-order chi connectivity index (χ0) is 13.2. The first-order valence-corrected chi connectivity index (χ1v) is 5.86. The van der Waals surface area contributed by atoms with Crippen LogP contribution in [-0.4, -0.2) is 19.5 Å². The third-order valence-electron chi connectivity index (χ3n) is 2.84. The molecule has 0 atom stereocenters. The Kier molecular flexibility index (Phi) is 2.83. The van der Waals surface area contributed by atoms with Crippen molar-refractivity contribution < 1.29 is 4.39 Å². The summed E-state index contributed by atoms with van der Waals surface area (Å²) in [4.78, 5) is 11.7. The second-order valence-electron chi connectivity index (χ2n) is 4.21. The molecule has 1 N–H and O–H groups in total. The van der Waals surface area contributed by atoms with Crippen LogP contribution >= 0.6 is 0 Å². The first-order chi connectivity index (χ1) is 9.24. The van der Waals surface area contributed by atoms with Gasteiger partial charge in [-0.3, -0.25) is 0 Å². The van der Waals surface area contributed by atoms with Crippen LogP contribution in [0.25, 0.3) is 11.2 Å². The summed E-state index contributed by atoms with van der Waals surface area (Å²) < 4.78 is 15.0. The molecule has 1 aromatic carbocycles. The van der Waals surface area contributed by atoms with Gasteiger partial charge in [-0.25, -0.2) is 4.98 Å². The van der Waals surface area contributed by atoms with Crippen LogP contribution in [0.5, 0.6) is 0 Å². The third kappa shape index (κ3) is 2.24. The van der Waals surface area contributed by atoms with Crippen molar-refractivity contribution in [2.45, 2.75) is 6.54 Å². The average Bonchev–Trinajstić information content (AvgIpc) is 2.79. The predicted octanol–water partition coefficient (Wildman–Crippen LogP) is 2.11. The number of imidazole rings is 1. The van der Waals surface area contributed by atoms with E-state index in [1.54, 1.807) is 17.9 Å². The van der Waals surface area contributed by atoms with E-state index in [1.165, 1.54) is 0 Å². The highest BCUT2D eigenvalue weighted by molar-refractivity contribution is 5.82. The monoisotopic (exact) mass is 256 g/mol. The standard InChI is InChI=1S/C13H12FN5/c1-19-8-16-10-11(17-13(14)18-12(10)19)15-7-9-5-3-2-4-6-9/h2-6,8H,7H2,1H3,(H,15,17,18)/i14-1. The highest BCUT2D eigenvalue weighted by Crippen LogP contribution is 2.18. The largest absolute Gasteiger partial charge is 0.364 e. The molecule has 0 spiro atoms. The van der Waals surface area contributed by atoms with Crippen molar-refractivity contribution in [2.24, 2.45) is 7.05 Å². The Morgan fingerprint density at radius 3 is 2.79 bits per heavy atom. The molecule has 6 heteroatoms. The number of aryl methyl sites for hydroxylation is 1. The van der Waals surface area contributed by atoms with E-state index in [0.717, 1.165) is 5.56 Å². The molecule has 5 nitrogen and oxygen atoms in total. The van der Waals surface area contributed by atoms with Crippen LogP contribution in [0.4, 0.5) is 10.2 Å². The number of hydrogen-bond acceptors (Lipinski definition) is 4. The van der Waals surface area contributed by atoms with Gasteiger partial charge in [-0.1, -0.05) is 30.3 Å². The van der Waals surface area contributed by atoms with E-state index in [1.807, 2.05) is 30.3 Å². The zero-order valence-corrected chi connectivity index (χ0v) is 10.3. The van der Waals surface area contributed by atoms with Crippen LogP contribution in [-0.2, 0) is 13.6 Å². The number of aromatic nitrogens is 4. The number of rotatable bonds is 3. The average molecular weight is 256 g/mol. The molecule has 96 valence electrons. The van der Waals surface area contributed by atoms with Gasteiger partial charge in [0.15, 0.2) is 17.0 Å². The van der Waals surface area contributed by atoms with Crippen LogP contribution in [0.15, 0.2) is 36.7 Å². The van der Waals surface area contributed by atoms with E-state index in [2.05, 4.69) is 20.3 Å². The molecule has 0 radical (unpaired) electrons. The fraction of sp³-hybridized carbons (Fsp3) is 0.154. The first-order valence-electron chi connectivity index (χ1n) is 5.86. The minimum Gasteiger partial charge on any atom is -0.364 e. The maximum Gasteiger partial charge on any atom is 0.312 e. The number of benzene rings is 1. The van der Waals surface area contributed by atoms with Gasteiger partial charge in [-0.05, 0) is 5.56 Å². The molecule has 0 amide bonds. The van der Waals surface area contributed by atoms with Crippen molar-refractivity contribution in [3.63, 3.8) is 0 Å². The van der Waals surface area contributed by atoms with Gasteiger partial charge in [0.25, 0.3) is 0 Å². The summed E-state index contributed by atoms with van der Waals surface area (Å²) in [6.45, 7) is 0.558.